The number of amides is 1. The van der Waals surface area contributed by atoms with Crippen LogP contribution in [-0.2, 0) is 11.3 Å². The van der Waals surface area contributed by atoms with Gasteiger partial charge in [0, 0.05) is 6.54 Å². The first-order valence-electron chi connectivity index (χ1n) is 9.27. The Morgan fingerprint density at radius 1 is 0.962 bits per heavy atom. The number of aliphatic hydroxyl groups is 1. The quantitative estimate of drug-likeness (QED) is 0.780. The van der Waals surface area contributed by atoms with Gasteiger partial charge in [-0.15, -0.1) is 0 Å². The molecule has 3 aromatic rings. The third kappa shape index (κ3) is 2.91. The Kier molecular flexibility index (Phi) is 4.22. The molecule has 4 rings (SSSR count). The van der Waals surface area contributed by atoms with Crippen LogP contribution in [0.15, 0.2) is 84.9 Å². The minimum absolute atomic E-state index is 0.192. The summed E-state index contributed by atoms with van der Waals surface area (Å²) in [7, 11) is 0. The molecule has 0 aromatic heterocycles. The zero-order valence-corrected chi connectivity index (χ0v) is 14.4. The van der Waals surface area contributed by atoms with E-state index in [0.29, 0.717) is 17.7 Å². The minimum atomic E-state index is -1.53. The van der Waals surface area contributed by atoms with Crippen LogP contribution in [0.5, 0.6) is 0 Å². The van der Waals surface area contributed by atoms with Crippen LogP contribution in [0.1, 0.15) is 35.6 Å². The smallest absolute Gasteiger partial charge is 0.235 e. The SMILES string of the molecule is [2H][C@@]1(c2ccccc2)C(=O)N([C@@H](CO)c2ccccc2)Cc2ccccc21. The highest BCUT2D eigenvalue weighted by Crippen LogP contribution is 2.38. The number of benzene rings is 3. The van der Waals surface area contributed by atoms with Crippen LogP contribution in [0.2, 0.25) is 0 Å². The fourth-order valence-corrected chi connectivity index (χ4v) is 3.61. The molecule has 0 saturated carbocycles. The molecule has 0 fully saturated rings. The summed E-state index contributed by atoms with van der Waals surface area (Å²) in [5, 5.41) is 10.1. The highest BCUT2D eigenvalue weighted by molar-refractivity contribution is 5.89. The monoisotopic (exact) mass is 344 g/mol. The van der Waals surface area contributed by atoms with E-state index in [0.717, 1.165) is 11.1 Å². The molecule has 0 bridgehead atoms. The molecule has 1 N–H and O–H groups in total. The molecule has 3 aromatic carbocycles. The van der Waals surface area contributed by atoms with Crippen LogP contribution in [0.4, 0.5) is 0 Å². The van der Waals surface area contributed by atoms with Gasteiger partial charge in [-0.3, -0.25) is 4.79 Å². The Bertz CT molecular complexity index is 945. The number of nitrogens with zero attached hydrogens (tertiary/aromatic N) is 1. The number of hydrogen-bond donors (Lipinski definition) is 1. The number of carbonyl (C=O) groups excluding carboxylic acids is 1. The van der Waals surface area contributed by atoms with Crippen molar-refractivity contribution in [3.63, 3.8) is 0 Å². The molecule has 1 amide bonds. The van der Waals surface area contributed by atoms with E-state index in [9.17, 15) is 11.3 Å². The molecule has 0 saturated heterocycles. The average molecular weight is 344 g/mol. The lowest BCUT2D eigenvalue weighted by Crippen LogP contribution is -2.43. The van der Waals surface area contributed by atoms with E-state index in [4.69, 9.17) is 0 Å². The van der Waals surface area contributed by atoms with Crippen molar-refractivity contribution in [2.24, 2.45) is 0 Å². The molecule has 130 valence electrons. The normalized spacial score (nSPS) is 21.0. The summed E-state index contributed by atoms with van der Waals surface area (Å²) >= 11 is 0. The maximum atomic E-state index is 13.6. The van der Waals surface area contributed by atoms with E-state index in [-0.39, 0.29) is 12.5 Å². The van der Waals surface area contributed by atoms with E-state index in [2.05, 4.69) is 0 Å². The Labute approximate surface area is 154 Å². The number of carbonyl (C=O) groups is 1. The average Bonchev–Trinajstić information content (AvgIpc) is 2.73. The van der Waals surface area contributed by atoms with Crippen LogP contribution in [0.3, 0.4) is 0 Å². The Morgan fingerprint density at radius 2 is 1.58 bits per heavy atom. The van der Waals surface area contributed by atoms with Crippen LogP contribution >= 0.6 is 0 Å². The first-order chi connectivity index (χ1) is 13.2. The van der Waals surface area contributed by atoms with Crippen molar-refractivity contribution in [2.45, 2.75) is 18.5 Å². The van der Waals surface area contributed by atoms with Gasteiger partial charge < -0.3 is 10.0 Å². The first kappa shape index (κ1) is 15.4. The van der Waals surface area contributed by atoms with E-state index < -0.39 is 11.9 Å². The van der Waals surface area contributed by atoms with E-state index in [1.165, 1.54) is 0 Å². The van der Waals surface area contributed by atoms with Crippen molar-refractivity contribution in [1.82, 2.24) is 4.90 Å². The molecule has 1 heterocycles. The van der Waals surface area contributed by atoms with Crippen molar-refractivity contribution in [2.75, 3.05) is 6.61 Å². The Balaban J connectivity index is 1.87. The maximum Gasteiger partial charge on any atom is 0.235 e. The highest BCUT2D eigenvalue weighted by atomic mass is 16.3. The van der Waals surface area contributed by atoms with Gasteiger partial charge in [-0.05, 0) is 22.3 Å². The fraction of sp³-hybridized carbons (Fsp3) is 0.174. The first-order valence-corrected chi connectivity index (χ1v) is 8.77. The summed E-state index contributed by atoms with van der Waals surface area (Å²) in [5.41, 5.74) is 3.15. The van der Waals surface area contributed by atoms with E-state index in [1.807, 2.05) is 84.9 Å². The van der Waals surface area contributed by atoms with Gasteiger partial charge in [0.2, 0.25) is 5.91 Å². The predicted octanol–water partition coefficient (Wildman–Crippen LogP) is 3.89. The summed E-state index contributed by atoms with van der Waals surface area (Å²) in [4.78, 5) is 15.2. The van der Waals surface area contributed by atoms with Crippen LogP contribution in [0, 0.1) is 0 Å². The highest BCUT2D eigenvalue weighted by Gasteiger charge is 2.37. The molecule has 1 aliphatic rings. The zero-order chi connectivity index (χ0) is 18.9. The molecular weight excluding hydrogens is 322 g/mol. The van der Waals surface area contributed by atoms with Crippen molar-refractivity contribution in [3.05, 3.63) is 107 Å². The molecule has 3 heteroatoms. The van der Waals surface area contributed by atoms with Crippen LogP contribution < -0.4 is 0 Å². The predicted molar refractivity (Wildman–Crippen MR) is 102 cm³/mol. The molecule has 26 heavy (non-hydrogen) atoms. The fourth-order valence-electron chi connectivity index (χ4n) is 3.61. The number of aliphatic hydroxyl groups excluding tert-OH is 1. The van der Waals surface area contributed by atoms with Gasteiger partial charge in [-0.2, -0.15) is 0 Å². The van der Waals surface area contributed by atoms with Gasteiger partial charge in [-0.25, -0.2) is 0 Å². The number of rotatable bonds is 4. The molecule has 0 radical (unpaired) electrons. The molecular formula is C23H21NO2. The molecule has 0 spiro atoms. The third-order valence-electron chi connectivity index (χ3n) is 4.90. The van der Waals surface area contributed by atoms with Gasteiger partial charge >= 0.3 is 0 Å². The zero-order valence-electron chi connectivity index (χ0n) is 15.4. The Hall–Kier alpha value is -2.91. The van der Waals surface area contributed by atoms with E-state index in [1.54, 1.807) is 4.90 Å². The van der Waals surface area contributed by atoms with Gasteiger partial charge in [-0.1, -0.05) is 84.9 Å². The summed E-state index contributed by atoms with van der Waals surface area (Å²) < 4.78 is 9.24. The van der Waals surface area contributed by atoms with Gasteiger partial charge in [0.1, 0.15) is 0 Å². The van der Waals surface area contributed by atoms with Crippen molar-refractivity contribution in [1.29, 1.82) is 0 Å². The van der Waals surface area contributed by atoms with Gasteiger partial charge in [0.15, 0.2) is 0 Å². The van der Waals surface area contributed by atoms with Crippen molar-refractivity contribution in [3.8, 4) is 0 Å². The van der Waals surface area contributed by atoms with E-state index >= 15 is 0 Å². The number of hydrogen-bond acceptors (Lipinski definition) is 2. The topological polar surface area (TPSA) is 40.5 Å². The lowest BCUT2D eigenvalue weighted by molar-refractivity contribution is -0.137. The van der Waals surface area contributed by atoms with Crippen molar-refractivity contribution < 1.29 is 11.3 Å². The summed E-state index contributed by atoms with van der Waals surface area (Å²) in [6.45, 7) is 0.186. The second-order valence-corrected chi connectivity index (χ2v) is 6.44. The second-order valence-electron chi connectivity index (χ2n) is 6.44. The van der Waals surface area contributed by atoms with Crippen LogP contribution in [-0.4, -0.2) is 22.5 Å². The standard InChI is InChI=1S/C23H21NO2/c25-16-21(17-9-3-1-4-10-17)24-15-19-13-7-8-14-20(19)22(23(24)26)18-11-5-2-6-12-18/h1-14,21-22,25H,15-16H2/t21-,22-/m0/s1/i22D. The lowest BCUT2D eigenvalue weighted by atomic mass is 9.83. The van der Waals surface area contributed by atoms with Crippen molar-refractivity contribution >= 4 is 5.91 Å². The Morgan fingerprint density at radius 3 is 2.27 bits per heavy atom. The van der Waals surface area contributed by atoms with Gasteiger partial charge in [0.05, 0.1) is 19.9 Å². The van der Waals surface area contributed by atoms with Gasteiger partial charge in [0.25, 0.3) is 0 Å². The largest absolute Gasteiger partial charge is 0.394 e. The summed E-state index contributed by atoms with van der Waals surface area (Å²) in [5.74, 6) is -1.84. The molecule has 3 nitrogen and oxygen atoms in total. The lowest BCUT2D eigenvalue weighted by Gasteiger charge is -2.39. The molecule has 2 atom stereocenters. The third-order valence-corrected chi connectivity index (χ3v) is 4.90. The molecule has 0 aliphatic carbocycles. The van der Waals surface area contributed by atoms with Crippen LogP contribution in [0.25, 0.3) is 0 Å². The summed E-state index contributed by atoms with van der Waals surface area (Å²) in [6, 6.07) is 25.9. The second kappa shape index (κ2) is 7.14. The summed E-state index contributed by atoms with van der Waals surface area (Å²) in [6.07, 6.45) is 0. The maximum absolute atomic E-state index is 13.6. The minimum Gasteiger partial charge on any atom is -0.394 e. The molecule has 1 aliphatic heterocycles. The molecule has 0 unspecified atom stereocenters. The number of fused-ring (bicyclic) bond motifs is 1.